The molecular weight excluding hydrogens is 585 g/mol. The van der Waals surface area contributed by atoms with Gasteiger partial charge in [-0.15, -0.1) is 0 Å². The fraction of sp³-hybridized carbons (Fsp3) is 0. The summed E-state index contributed by atoms with van der Waals surface area (Å²) in [5.41, 5.74) is 11.5. The highest BCUT2D eigenvalue weighted by Gasteiger charge is 2.20. The number of hydrogen-bond donors (Lipinski definition) is 0. The van der Waals surface area contributed by atoms with E-state index in [4.69, 9.17) is 0 Å². The molecule has 4 nitrogen and oxygen atoms in total. The second kappa shape index (κ2) is 10.9. The molecule has 0 radical (unpaired) electrons. The van der Waals surface area contributed by atoms with Gasteiger partial charge >= 0.3 is 0 Å². The van der Waals surface area contributed by atoms with Crippen LogP contribution >= 0.6 is 0 Å². The van der Waals surface area contributed by atoms with Gasteiger partial charge in [0, 0.05) is 32.8 Å². The maximum Gasteiger partial charge on any atom is 0.0998 e. The topological polar surface area (TPSA) is 57.4 Å². The maximum absolute atomic E-state index is 10.3. The van der Waals surface area contributed by atoms with Gasteiger partial charge in [0.2, 0.25) is 0 Å². The first-order chi connectivity index (χ1) is 23.7. The standard InChI is InChI=1S/C44H26N4/c45-27-32-11-8-20-41(48-40-19-6-3-16-37(40)44-33(28-46)12-9-21-42(44)48)43(32)30-24-22-29(23-25-30)31-10-7-13-34(26-31)47-38-17-4-1-14-35(38)36-15-2-5-18-39(36)47/h1-26H. The molecule has 0 unspecified atom stereocenters. The quantitative estimate of drug-likeness (QED) is 0.199. The molecule has 0 N–H and O–H groups in total. The zero-order valence-corrected chi connectivity index (χ0v) is 25.8. The van der Waals surface area contributed by atoms with Crippen molar-refractivity contribution in [2.24, 2.45) is 0 Å². The van der Waals surface area contributed by atoms with E-state index in [1.165, 1.54) is 21.8 Å². The number of aromatic nitrogens is 2. The maximum atomic E-state index is 10.3. The molecule has 0 atom stereocenters. The van der Waals surface area contributed by atoms with Crippen LogP contribution in [0.5, 0.6) is 0 Å². The Morgan fingerprint density at radius 1 is 0.396 bits per heavy atom. The normalized spacial score (nSPS) is 11.3. The predicted octanol–water partition coefficient (Wildman–Crippen LogP) is 11.0. The molecule has 0 amide bonds. The summed E-state index contributed by atoms with van der Waals surface area (Å²) in [6.07, 6.45) is 0. The lowest BCUT2D eigenvalue weighted by atomic mass is 9.95. The van der Waals surface area contributed by atoms with Crippen LogP contribution in [0.4, 0.5) is 0 Å². The van der Waals surface area contributed by atoms with Crippen molar-refractivity contribution in [3.63, 3.8) is 0 Å². The minimum absolute atomic E-state index is 0.594. The van der Waals surface area contributed by atoms with Gasteiger partial charge in [-0.3, -0.25) is 0 Å². The van der Waals surface area contributed by atoms with E-state index < -0.39 is 0 Å². The Bertz CT molecular complexity index is 2750. The van der Waals surface area contributed by atoms with Gasteiger partial charge in [0.15, 0.2) is 0 Å². The van der Waals surface area contributed by atoms with E-state index in [0.29, 0.717) is 11.1 Å². The first kappa shape index (κ1) is 27.4. The molecule has 222 valence electrons. The second-order valence-electron chi connectivity index (χ2n) is 12.0. The van der Waals surface area contributed by atoms with E-state index in [0.717, 1.165) is 55.4 Å². The summed E-state index contributed by atoms with van der Waals surface area (Å²) in [5, 5.41) is 24.7. The van der Waals surface area contributed by atoms with Crippen molar-refractivity contribution < 1.29 is 0 Å². The predicted molar refractivity (Wildman–Crippen MR) is 195 cm³/mol. The monoisotopic (exact) mass is 610 g/mol. The van der Waals surface area contributed by atoms with Gasteiger partial charge in [0.05, 0.1) is 51.0 Å². The van der Waals surface area contributed by atoms with Crippen LogP contribution < -0.4 is 0 Å². The number of nitriles is 2. The summed E-state index contributed by atoms with van der Waals surface area (Å²) >= 11 is 0. The molecule has 0 saturated heterocycles. The lowest BCUT2D eigenvalue weighted by molar-refractivity contribution is 1.18. The van der Waals surface area contributed by atoms with Gasteiger partial charge in [-0.25, -0.2) is 0 Å². The van der Waals surface area contributed by atoms with Crippen LogP contribution in [0.15, 0.2) is 158 Å². The van der Waals surface area contributed by atoms with Crippen molar-refractivity contribution in [2.45, 2.75) is 0 Å². The van der Waals surface area contributed by atoms with Crippen molar-refractivity contribution >= 4 is 43.6 Å². The first-order valence-corrected chi connectivity index (χ1v) is 15.9. The van der Waals surface area contributed by atoms with Gasteiger partial charge in [-0.2, -0.15) is 10.5 Å². The first-order valence-electron chi connectivity index (χ1n) is 15.9. The summed E-state index contributed by atoms with van der Waals surface area (Å²) in [7, 11) is 0. The summed E-state index contributed by atoms with van der Waals surface area (Å²) in [6, 6.07) is 58.9. The Morgan fingerprint density at radius 2 is 0.938 bits per heavy atom. The minimum atomic E-state index is 0.594. The Morgan fingerprint density at radius 3 is 1.62 bits per heavy atom. The lowest BCUT2D eigenvalue weighted by Crippen LogP contribution is -1.99. The Hall–Kier alpha value is -6.88. The SMILES string of the molecule is N#Cc1cccc(-n2c3ccccc3c3c(C#N)cccc32)c1-c1ccc(-c2cccc(-n3c4ccccc4c4ccccc43)c2)cc1. The highest BCUT2D eigenvalue weighted by Crippen LogP contribution is 2.39. The van der Waals surface area contributed by atoms with Crippen LogP contribution in [-0.4, -0.2) is 9.13 Å². The summed E-state index contributed by atoms with van der Waals surface area (Å²) < 4.78 is 4.52. The Labute approximate surface area is 277 Å². The smallest absolute Gasteiger partial charge is 0.0998 e. The summed E-state index contributed by atoms with van der Waals surface area (Å²) in [4.78, 5) is 0. The fourth-order valence-electron chi connectivity index (χ4n) is 7.35. The van der Waals surface area contributed by atoms with Crippen LogP contribution in [-0.2, 0) is 0 Å². The summed E-state index contributed by atoms with van der Waals surface area (Å²) in [5.74, 6) is 0. The third-order valence-electron chi connectivity index (χ3n) is 9.41. The number of fused-ring (bicyclic) bond motifs is 6. The third-order valence-corrected chi connectivity index (χ3v) is 9.41. The van der Waals surface area contributed by atoms with E-state index in [2.05, 4.69) is 137 Å². The zero-order valence-electron chi connectivity index (χ0n) is 25.8. The number of nitrogens with zero attached hydrogens (tertiary/aromatic N) is 4. The molecular formula is C44H26N4. The van der Waals surface area contributed by atoms with Crippen LogP contribution in [0.3, 0.4) is 0 Å². The van der Waals surface area contributed by atoms with Crippen molar-refractivity contribution in [1.82, 2.24) is 9.13 Å². The number of hydrogen-bond acceptors (Lipinski definition) is 2. The van der Waals surface area contributed by atoms with Crippen molar-refractivity contribution in [1.29, 1.82) is 10.5 Å². The minimum Gasteiger partial charge on any atom is -0.309 e. The molecule has 2 heterocycles. The fourth-order valence-corrected chi connectivity index (χ4v) is 7.35. The van der Waals surface area contributed by atoms with Crippen molar-refractivity contribution in [3.05, 3.63) is 169 Å². The van der Waals surface area contributed by atoms with Gasteiger partial charge in [-0.1, -0.05) is 103 Å². The van der Waals surface area contributed by atoms with E-state index >= 15 is 0 Å². The van der Waals surface area contributed by atoms with Gasteiger partial charge in [0.25, 0.3) is 0 Å². The highest BCUT2D eigenvalue weighted by atomic mass is 15.0. The largest absolute Gasteiger partial charge is 0.309 e. The average molecular weight is 611 g/mol. The van der Waals surface area contributed by atoms with E-state index in [1.807, 2.05) is 42.5 Å². The number of para-hydroxylation sites is 3. The number of benzene rings is 7. The van der Waals surface area contributed by atoms with E-state index in [1.54, 1.807) is 0 Å². The van der Waals surface area contributed by atoms with Crippen LogP contribution in [0, 0.1) is 22.7 Å². The zero-order chi connectivity index (χ0) is 32.2. The lowest BCUT2D eigenvalue weighted by Gasteiger charge is -2.16. The Balaban J connectivity index is 1.19. The molecule has 48 heavy (non-hydrogen) atoms. The van der Waals surface area contributed by atoms with Gasteiger partial charge in [-0.05, 0) is 71.3 Å². The molecule has 0 bridgehead atoms. The molecule has 0 aliphatic rings. The van der Waals surface area contributed by atoms with Gasteiger partial charge in [0.1, 0.15) is 0 Å². The average Bonchev–Trinajstić information content (AvgIpc) is 3.68. The molecule has 9 rings (SSSR count). The molecule has 0 saturated carbocycles. The summed E-state index contributed by atoms with van der Waals surface area (Å²) in [6.45, 7) is 0. The van der Waals surface area contributed by atoms with Crippen LogP contribution in [0.2, 0.25) is 0 Å². The molecule has 0 aliphatic carbocycles. The second-order valence-corrected chi connectivity index (χ2v) is 12.0. The number of rotatable bonds is 4. The van der Waals surface area contributed by atoms with Crippen molar-refractivity contribution in [2.75, 3.05) is 0 Å². The molecule has 4 heteroatoms. The Kier molecular flexibility index (Phi) is 6.22. The highest BCUT2D eigenvalue weighted by molar-refractivity contribution is 6.12. The molecule has 0 spiro atoms. The van der Waals surface area contributed by atoms with Crippen LogP contribution in [0.1, 0.15) is 11.1 Å². The van der Waals surface area contributed by atoms with E-state index in [-0.39, 0.29) is 0 Å². The van der Waals surface area contributed by atoms with Crippen molar-refractivity contribution in [3.8, 4) is 45.8 Å². The molecule has 0 fully saturated rings. The molecule has 9 aromatic rings. The molecule has 0 aliphatic heterocycles. The molecule has 7 aromatic carbocycles. The molecule has 2 aromatic heterocycles. The van der Waals surface area contributed by atoms with Gasteiger partial charge < -0.3 is 9.13 Å². The van der Waals surface area contributed by atoms with E-state index in [9.17, 15) is 10.5 Å². The van der Waals surface area contributed by atoms with Crippen LogP contribution in [0.25, 0.3) is 77.2 Å². The third kappa shape index (κ3) is 4.07.